The van der Waals surface area contributed by atoms with Gasteiger partial charge in [0.15, 0.2) is 5.82 Å². The van der Waals surface area contributed by atoms with Gasteiger partial charge in [0, 0.05) is 37.3 Å². The van der Waals surface area contributed by atoms with E-state index < -0.39 is 0 Å². The molecule has 1 aromatic heterocycles. The fourth-order valence-electron chi connectivity index (χ4n) is 3.48. The molecule has 0 unspecified atom stereocenters. The number of piperidine rings is 1. The topological polar surface area (TPSA) is 81.2 Å². The molecule has 3 rings (SSSR count). The number of carbonyl (C=O) groups is 1. The van der Waals surface area contributed by atoms with Crippen LogP contribution in [0.25, 0.3) is 0 Å². The second kappa shape index (κ2) is 8.82. The second-order valence-electron chi connectivity index (χ2n) is 7.16. The number of carbonyl (C=O) groups excluding carboxylic acids is 1. The highest BCUT2D eigenvalue weighted by molar-refractivity contribution is 5.50. The van der Waals surface area contributed by atoms with Gasteiger partial charge in [-0.05, 0) is 37.0 Å². The van der Waals surface area contributed by atoms with Gasteiger partial charge < -0.3 is 20.0 Å². The van der Waals surface area contributed by atoms with E-state index in [0.717, 1.165) is 24.7 Å². The first-order valence-corrected chi connectivity index (χ1v) is 9.45. The quantitative estimate of drug-likeness (QED) is 0.741. The van der Waals surface area contributed by atoms with E-state index in [-0.39, 0.29) is 17.3 Å². The largest absolute Gasteiger partial charge is 0.402 e. The van der Waals surface area contributed by atoms with Gasteiger partial charge in [-0.2, -0.15) is 0 Å². The van der Waals surface area contributed by atoms with Gasteiger partial charge in [-0.15, -0.1) is 0 Å². The van der Waals surface area contributed by atoms with Crippen molar-refractivity contribution in [2.24, 2.45) is 11.7 Å². The Morgan fingerprint density at radius 2 is 1.96 bits per heavy atom. The van der Waals surface area contributed by atoms with E-state index in [4.69, 9.17) is 5.73 Å². The number of aldehydes is 1. The number of nitrogens with zero attached hydrogens (tertiary/aromatic N) is 3. The maximum atomic E-state index is 13.2. The van der Waals surface area contributed by atoms with Crippen LogP contribution >= 0.6 is 0 Å². The fraction of sp³-hybridized carbons (Fsp3) is 0.381. The minimum Gasteiger partial charge on any atom is -0.402 e. The monoisotopic (exact) mass is 384 g/mol. The molecule has 2 heterocycles. The maximum absolute atomic E-state index is 13.2. The molecule has 0 bridgehead atoms. The van der Waals surface area contributed by atoms with Crippen LogP contribution in [-0.2, 0) is 17.8 Å². The van der Waals surface area contributed by atoms with Gasteiger partial charge in [-0.3, -0.25) is 4.79 Å². The van der Waals surface area contributed by atoms with Gasteiger partial charge in [-0.25, -0.2) is 9.37 Å². The third kappa shape index (κ3) is 4.65. The molecular formula is C21H25FN4O2. The van der Waals surface area contributed by atoms with Gasteiger partial charge >= 0.3 is 0 Å². The predicted molar refractivity (Wildman–Crippen MR) is 107 cm³/mol. The van der Waals surface area contributed by atoms with E-state index in [1.807, 2.05) is 4.90 Å². The summed E-state index contributed by atoms with van der Waals surface area (Å²) in [7, 11) is 0. The van der Waals surface area contributed by atoms with Crippen LogP contribution in [0.15, 0.2) is 47.5 Å². The number of benzene rings is 1. The first-order chi connectivity index (χ1) is 13.5. The summed E-state index contributed by atoms with van der Waals surface area (Å²) in [6, 6.07) is 6.07. The number of aryl methyl sites for hydroxylation is 1. The van der Waals surface area contributed by atoms with Crippen molar-refractivity contribution in [3.63, 3.8) is 0 Å². The van der Waals surface area contributed by atoms with Crippen molar-refractivity contribution in [2.75, 3.05) is 18.0 Å². The molecule has 2 N–H and O–H groups in total. The van der Waals surface area contributed by atoms with Crippen molar-refractivity contribution < 1.29 is 9.18 Å². The summed E-state index contributed by atoms with van der Waals surface area (Å²) in [4.78, 5) is 30.4. The summed E-state index contributed by atoms with van der Waals surface area (Å²) >= 11 is 0. The maximum Gasteiger partial charge on any atom is 0.293 e. The van der Waals surface area contributed by atoms with E-state index in [1.165, 1.54) is 12.1 Å². The van der Waals surface area contributed by atoms with Crippen LogP contribution in [0.2, 0.25) is 0 Å². The Kier molecular flexibility index (Phi) is 6.23. The number of hydrogen-bond acceptors (Lipinski definition) is 5. The number of hydrogen-bond donors (Lipinski definition) is 1. The zero-order valence-electron chi connectivity index (χ0n) is 15.8. The Labute approximate surface area is 163 Å². The number of halogens is 1. The molecule has 2 aromatic rings. The molecule has 0 aliphatic carbocycles. The van der Waals surface area contributed by atoms with Crippen molar-refractivity contribution in [3.05, 3.63) is 70.2 Å². The lowest BCUT2D eigenvalue weighted by Crippen LogP contribution is -2.40. The molecule has 1 fully saturated rings. The molecule has 1 aromatic carbocycles. The van der Waals surface area contributed by atoms with E-state index in [1.54, 1.807) is 22.9 Å². The molecule has 0 amide bonds. The molecular weight excluding hydrogens is 359 g/mol. The van der Waals surface area contributed by atoms with Crippen LogP contribution in [-0.4, -0.2) is 28.9 Å². The summed E-state index contributed by atoms with van der Waals surface area (Å²) in [5.74, 6) is 0.338. The van der Waals surface area contributed by atoms with Crippen molar-refractivity contribution in [1.82, 2.24) is 9.55 Å². The Morgan fingerprint density at radius 1 is 1.29 bits per heavy atom. The zero-order valence-corrected chi connectivity index (χ0v) is 15.8. The minimum atomic E-state index is -0.317. The average molecular weight is 384 g/mol. The normalized spacial score (nSPS) is 14.8. The Balaban J connectivity index is 1.90. The molecule has 7 heteroatoms. The molecule has 0 saturated carbocycles. The number of nitrogens with two attached hydrogens (primary N) is 1. The zero-order chi connectivity index (χ0) is 20.1. The summed E-state index contributed by atoms with van der Waals surface area (Å²) < 4.78 is 14.8. The lowest BCUT2D eigenvalue weighted by atomic mass is 9.94. The fourth-order valence-corrected chi connectivity index (χ4v) is 3.48. The van der Waals surface area contributed by atoms with Crippen LogP contribution in [0.4, 0.5) is 10.2 Å². The molecule has 148 valence electrons. The first kappa shape index (κ1) is 19.8. The minimum absolute atomic E-state index is 0.191. The number of rotatable bonds is 7. The van der Waals surface area contributed by atoms with Gasteiger partial charge in [0.1, 0.15) is 12.1 Å². The average Bonchev–Trinajstić information content (AvgIpc) is 2.70. The van der Waals surface area contributed by atoms with Crippen LogP contribution in [0.3, 0.4) is 0 Å². The van der Waals surface area contributed by atoms with Crippen molar-refractivity contribution >= 4 is 12.1 Å². The molecule has 0 atom stereocenters. The van der Waals surface area contributed by atoms with Crippen LogP contribution in [0.1, 0.15) is 30.5 Å². The summed E-state index contributed by atoms with van der Waals surface area (Å²) in [5, 5.41) is 0. The number of allylic oxidation sites excluding steroid dienone is 1. The smallest absolute Gasteiger partial charge is 0.293 e. The molecule has 1 aliphatic rings. The van der Waals surface area contributed by atoms with Crippen LogP contribution < -0.4 is 16.2 Å². The molecule has 0 spiro atoms. The molecule has 28 heavy (non-hydrogen) atoms. The third-order valence-corrected chi connectivity index (χ3v) is 5.11. The Bertz CT molecular complexity index is 900. The van der Waals surface area contributed by atoms with E-state index >= 15 is 0 Å². The van der Waals surface area contributed by atoms with Crippen LogP contribution in [0, 0.1) is 11.7 Å². The lowest BCUT2D eigenvalue weighted by molar-refractivity contribution is -0.107. The Morgan fingerprint density at radius 3 is 2.57 bits per heavy atom. The summed E-state index contributed by atoms with van der Waals surface area (Å²) in [5.41, 5.74) is 7.83. The van der Waals surface area contributed by atoms with Crippen molar-refractivity contribution in [1.29, 1.82) is 0 Å². The predicted octanol–water partition coefficient (Wildman–Crippen LogP) is 2.25. The molecule has 1 saturated heterocycles. The van der Waals surface area contributed by atoms with E-state index in [2.05, 4.69) is 11.6 Å². The van der Waals surface area contributed by atoms with Gasteiger partial charge in [0.2, 0.25) is 0 Å². The Hall–Kier alpha value is -2.96. The highest BCUT2D eigenvalue weighted by Gasteiger charge is 2.24. The highest BCUT2D eigenvalue weighted by Crippen LogP contribution is 2.23. The molecule has 1 aliphatic heterocycles. The SMILES string of the molecule is C=C(N)C1CCN(c2nc(CCC=O)cn(Cc3ccc(F)cc3)c2=O)CC1. The van der Waals surface area contributed by atoms with Gasteiger partial charge in [0.05, 0.1) is 12.2 Å². The van der Waals surface area contributed by atoms with Crippen molar-refractivity contribution in [2.45, 2.75) is 32.2 Å². The number of anilines is 1. The number of aromatic nitrogens is 2. The van der Waals surface area contributed by atoms with Crippen LogP contribution in [0.5, 0.6) is 0 Å². The summed E-state index contributed by atoms with van der Waals surface area (Å²) in [6.45, 7) is 5.50. The van der Waals surface area contributed by atoms with E-state index in [9.17, 15) is 14.0 Å². The second-order valence-corrected chi connectivity index (χ2v) is 7.16. The summed E-state index contributed by atoms with van der Waals surface area (Å²) in [6.07, 6.45) is 4.99. The molecule has 0 radical (unpaired) electrons. The highest BCUT2D eigenvalue weighted by atomic mass is 19.1. The van der Waals surface area contributed by atoms with E-state index in [0.29, 0.717) is 49.7 Å². The third-order valence-electron chi connectivity index (χ3n) is 5.11. The van der Waals surface area contributed by atoms with Gasteiger partial charge in [-0.1, -0.05) is 18.7 Å². The first-order valence-electron chi connectivity index (χ1n) is 9.45. The van der Waals surface area contributed by atoms with Gasteiger partial charge in [0.25, 0.3) is 5.56 Å². The lowest BCUT2D eigenvalue weighted by Gasteiger charge is -2.32. The standard InChI is InChI=1S/C21H25FN4O2/c1-15(23)17-8-10-25(11-9-17)20-21(28)26(14-19(24-20)3-2-12-27)13-16-4-6-18(22)7-5-16/h4-7,12,14,17H,1-3,8-11,13,23H2. The molecule has 6 nitrogen and oxygen atoms in total. The van der Waals surface area contributed by atoms with Crippen molar-refractivity contribution in [3.8, 4) is 0 Å².